The van der Waals surface area contributed by atoms with Crippen LogP contribution in [-0.4, -0.2) is 30.7 Å². The van der Waals surface area contributed by atoms with Crippen molar-refractivity contribution < 1.29 is 19.1 Å². The van der Waals surface area contributed by atoms with Crippen molar-refractivity contribution >= 4 is 17.6 Å². The number of carbonyl (C=O) groups excluding carboxylic acids is 2. The Morgan fingerprint density at radius 3 is 2.69 bits per heavy atom. The quantitative estimate of drug-likeness (QED) is 0.849. The van der Waals surface area contributed by atoms with Gasteiger partial charge in [0.2, 0.25) is 0 Å². The Morgan fingerprint density at radius 2 is 1.96 bits per heavy atom. The summed E-state index contributed by atoms with van der Waals surface area (Å²) >= 11 is 0. The predicted octanol–water partition coefficient (Wildman–Crippen LogP) is 2.23. The van der Waals surface area contributed by atoms with Gasteiger partial charge in [0, 0.05) is 24.0 Å². The minimum atomic E-state index is -0.484. The fourth-order valence-electron chi connectivity index (χ4n) is 3.18. The molecule has 1 aromatic carbocycles. The summed E-state index contributed by atoms with van der Waals surface area (Å²) in [7, 11) is 2.73. The number of ether oxygens (including phenoxy) is 2. The Balaban J connectivity index is 1.98. The molecule has 0 radical (unpaired) electrons. The Bertz CT molecular complexity index is 917. The minimum absolute atomic E-state index is 0.166. The fourth-order valence-corrected chi connectivity index (χ4v) is 3.18. The normalized spacial score (nSPS) is 12.8. The van der Waals surface area contributed by atoms with E-state index in [-0.39, 0.29) is 17.2 Å². The highest BCUT2D eigenvalue weighted by molar-refractivity contribution is 6.07. The highest BCUT2D eigenvalue weighted by atomic mass is 16.5. The molecule has 3 rings (SSSR count). The van der Waals surface area contributed by atoms with Crippen molar-refractivity contribution in [2.24, 2.45) is 0 Å². The summed E-state index contributed by atoms with van der Waals surface area (Å²) < 4.78 is 11.6. The Hall–Kier alpha value is -3.09. The second-order valence-electron chi connectivity index (χ2n) is 6.01. The highest BCUT2D eigenvalue weighted by Crippen LogP contribution is 2.26. The van der Waals surface area contributed by atoms with E-state index in [0.717, 1.165) is 12.8 Å². The summed E-state index contributed by atoms with van der Waals surface area (Å²) in [5, 5.41) is 2.78. The average Bonchev–Trinajstić information content (AvgIpc) is 2.67. The van der Waals surface area contributed by atoms with E-state index in [1.807, 2.05) is 0 Å². The SMILES string of the molecule is COC(=O)c1cccc(NC(=O)c2c(OC)cc(=O)n3c2CCCC3)c1. The van der Waals surface area contributed by atoms with Gasteiger partial charge in [0.15, 0.2) is 0 Å². The largest absolute Gasteiger partial charge is 0.496 e. The minimum Gasteiger partial charge on any atom is -0.496 e. The number of hydrogen-bond acceptors (Lipinski definition) is 5. The summed E-state index contributed by atoms with van der Waals surface area (Å²) in [6, 6.07) is 7.82. The molecule has 1 amide bonds. The molecule has 2 heterocycles. The molecule has 0 aliphatic carbocycles. The third kappa shape index (κ3) is 3.33. The summed E-state index contributed by atoms with van der Waals surface area (Å²) in [6.07, 6.45) is 2.45. The first-order chi connectivity index (χ1) is 12.5. The third-order valence-corrected chi connectivity index (χ3v) is 4.42. The molecule has 1 aliphatic heterocycles. The highest BCUT2D eigenvalue weighted by Gasteiger charge is 2.24. The summed E-state index contributed by atoms with van der Waals surface area (Å²) in [6.45, 7) is 0.594. The van der Waals surface area contributed by atoms with E-state index in [4.69, 9.17) is 9.47 Å². The molecule has 1 aliphatic rings. The van der Waals surface area contributed by atoms with Gasteiger partial charge in [-0.15, -0.1) is 0 Å². The van der Waals surface area contributed by atoms with Crippen molar-refractivity contribution in [3.63, 3.8) is 0 Å². The first kappa shape index (κ1) is 17.7. The number of pyridine rings is 1. The van der Waals surface area contributed by atoms with Gasteiger partial charge in [-0.25, -0.2) is 4.79 Å². The number of aromatic nitrogens is 1. The zero-order valence-electron chi connectivity index (χ0n) is 14.7. The third-order valence-electron chi connectivity index (χ3n) is 4.42. The topological polar surface area (TPSA) is 86.6 Å². The van der Waals surface area contributed by atoms with Crippen LogP contribution in [0.25, 0.3) is 0 Å². The standard InChI is InChI=1S/C19H20N2O5/c1-25-15-11-16(22)21-9-4-3-8-14(21)17(15)18(23)20-13-7-5-6-12(10-13)19(24)26-2/h5-7,10-11H,3-4,8-9H2,1-2H3,(H,20,23). The van der Waals surface area contributed by atoms with Crippen LogP contribution in [0.5, 0.6) is 5.75 Å². The van der Waals surface area contributed by atoms with Crippen LogP contribution >= 0.6 is 0 Å². The molecule has 1 N–H and O–H groups in total. The van der Waals surface area contributed by atoms with Crippen molar-refractivity contribution in [2.75, 3.05) is 19.5 Å². The van der Waals surface area contributed by atoms with Gasteiger partial charge >= 0.3 is 5.97 Å². The van der Waals surface area contributed by atoms with E-state index in [9.17, 15) is 14.4 Å². The lowest BCUT2D eigenvalue weighted by Gasteiger charge is -2.22. The van der Waals surface area contributed by atoms with Crippen molar-refractivity contribution in [3.05, 3.63) is 57.5 Å². The second kappa shape index (κ2) is 7.43. The zero-order chi connectivity index (χ0) is 18.7. The number of rotatable bonds is 4. The van der Waals surface area contributed by atoms with E-state index in [1.54, 1.807) is 22.8 Å². The van der Waals surface area contributed by atoms with Gasteiger partial charge in [-0.2, -0.15) is 0 Å². The molecule has 0 saturated carbocycles. The van der Waals surface area contributed by atoms with Gasteiger partial charge in [-0.05, 0) is 37.5 Å². The van der Waals surface area contributed by atoms with Crippen LogP contribution < -0.4 is 15.6 Å². The van der Waals surface area contributed by atoms with Crippen LogP contribution in [0, 0.1) is 0 Å². The molecule has 7 heteroatoms. The van der Waals surface area contributed by atoms with Gasteiger partial charge in [-0.3, -0.25) is 9.59 Å². The molecule has 1 aromatic heterocycles. The van der Waals surface area contributed by atoms with Crippen LogP contribution in [0.2, 0.25) is 0 Å². The molecular formula is C19H20N2O5. The van der Waals surface area contributed by atoms with Crippen molar-refractivity contribution in [3.8, 4) is 5.75 Å². The van der Waals surface area contributed by atoms with Gasteiger partial charge in [0.05, 0.1) is 19.8 Å². The molecular weight excluding hydrogens is 336 g/mol. The number of benzene rings is 1. The maximum atomic E-state index is 12.9. The monoisotopic (exact) mass is 356 g/mol. The molecule has 0 atom stereocenters. The molecule has 26 heavy (non-hydrogen) atoms. The molecule has 0 fully saturated rings. The Labute approximate surface area is 150 Å². The maximum Gasteiger partial charge on any atom is 0.337 e. The number of nitrogens with one attached hydrogen (secondary N) is 1. The molecule has 2 aromatic rings. The second-order valence-corrected chi connectivity index (χ2v) is 6.01. The van der Waals surface area contributed by atoms with Crippen molar-refractivity contribution in [2.45, 2.75) is 25.8 Å². The van der Waals surface area contributed by atoms with Gasteiger partial charge in [0.25, 0.3) is 11.5 Å². The number of nitrogens with zero attached hydrogens (tertiary/aromatic N) is 1. The van der Waals surface area contributed by atoms with Gasteiger partial charge < -0.3 is 19.4 Å². The molecule has 0 spiro atoms. The lowest BCUT2D eigenvalue weighted by Crippen LogP contribution is -2.30. The lowest BCUT2D eigenvalue weighted by molar-refractivity contribution is 0.0600. The van der Waals surface area contributed by atoms with E-state index in [1.165, 1.54) is 26.4 Å². The smallest absolute Gasteiger partial charge is 0.337 e. The van der Waals surface area contributed by atoms with Gasteiger partial charge in [-0.1, -0.05) is 6.07 Å². The van der Waals surface area contributed by atoms with E-state index in [0.29, 0.717) is 35.5 Å². The number of amides is 1. The first-order valence-corrected chi connectivity index (χ1v) is 8.35. The van der Waals surface area contributed by atoms with Crippen LogP contribution in [0.3, 0.4) is 0 Å². The van der Waals surface area contributed by atoms with Crippen LogP contribution in [-0.2, 0) is 17.7 Å². The summed E-state index contributed by atoms with van der Waals surface area (Å²) in [5.74, 6) is -0.610. The molecule has 136 valence electrons. The van der Waals surface area contributed by atoms with Crippen LogP contribution in [0.1, 0.15) is 39.3 Å². The molecule has 0 bridgehead atoms. The number of hydrogen-bond donors (Lipinski definition) is 1. The fraction of sp³-hybridized carbons (Fsp3) is 0.316. The number of carbonyl (C=O) groups is 2. The van der Waals surface area contributed by atoms with Crippen LogP contribution in [0.15, 0.2) is 35.1 Å². The van der Waals surface area contributed by atoms with Crippen molar-refractivity contribution in [1.82, 2.24) is 4.57 Å². The number of methoxy groups -OCH3 is 2. The van der Waals surface area contributed by atoms with Crippen LogP contribution in [0.4, 0.5) is 5.69 Å². The predicted molar refractivity (Wildman–Crippen MR) is 95.9 cm³/mol. The van der Waals surface area contributed by atoms with E-state index in [2.05, 4.69) is 5.32 Å². The van der Waals surface area contributed by atoms with Crippen molar-refractivity contribution in [1.29, 1.82) is 0 Å². The maximum absolute atomic E-state index is 12.9. The summed E-state index contributed by atoms with van der Waals surface area (Å²) in [5.41, 5.74) is 1.67. The number of fused-ring (bicyclic) bond motifs is 1. The lowest BCUT2D eigenvalue weighted by atomic mass is 10.0. The van der Waals surface area contributed by atoms with E-state index >= 15 is 0 Å². The Morgan fingerprint density at radius 1 is 1.15 bits per heavy atom. The van der Waals surface area contributed by atoms with Gasteiger partial charge in [0.1, 0.15) is 11.3 Å². The zero-order valence-corrected chi connectivity index (χ0v) is 14.7. The Kier molecular flexibility index (Phi) is 5.06. The molecule has 0 saturated heterocycles. The number of esters is 1. The molecule has 7 nitrogen and oxygen atoms in total. The van der Waals surface area contributed by atoms with E-state index < -0.39 is 5.97 Å². The number of anilines is 1. The first-order valence-electron chi connectivity index (χ1n) is 8.35. The molecule has 0 unspecified atom stereocenters. The average molecular weight is 356 g/mol. The summed E-state index contributed by atoms with van der Waals surface area (Å²) in [4.78, 5) is 36.8.